The highest BCUT2D eigenvalue weighted by molar-refractivity contribution is 7.14. The van der Waals surface area contributed by atoms with Crippen LogP contribution in [0.1, 0.15) is 5.56 Å². The molecule has 0 aromatic carbocycles. The summed E-state index contributed by atoms with van der Waals surface area (Å²) in [5.74, 6) is 1.05. The van der Waals surface area contributed by atoms with Gasteiger partial charge in [-0.05, 0) is 22.9 Å². The van der Waals surface area contributed by atoms with Crippen LogP contribution in [-0.4, -0.2) is 36.9 Å². The lowest BCUT2D eigenvalue weighted by Gasteiger charge is -2.29. The third-order valence-electron chi connectivity index (χ3n) is 3.31. The van der Waals surface area contributed by atoms with E-state index in [-0.39, 0.29) is 0 Å². The van der Waals surface area contributed by atoms with Gasteiger partial charge in [-0.3, -0.25) is 0 Å². The van der Waals surface area contributed by atoms with Gasteiger partial charge in [-0.25, -0.2) is 4.99 Å². The molecule has 1 fully saturated rings. The van der Waals surface area contributed by atoms with Crippen LogP contribution in [0.15, 0.2) is 27.9 Å². The van der Waals surface area contributed by atoms with Crippen molar-refractivity contribution < 1.29 is 4.74 Å². The van der Waals surface area contributed by atoms with E-state index in [4.69, 9.17) is 9.73 Å². The number of nitrogens with one attached hydrogen (secondary N) is 1. The SMILES string of the molecule is c1cc2c(s1)Oc1sccc1C(N1CCNCC1)=N2. The molecular formula is C13H13N3OS2. The number of aliphatic imine (C=N–C) groups is 1. The first-order valence-electron chi connectivity index (χ1n) is 6.29. The summed E-state index contributed by atoms with van der Waals surface area (Å²) in [5.41, 5.74) is 2.07. The molecule has 4 nitrogen and oxygen atoms in total. The molecule has 2 aliphatic rings. The molecule has 2 aromatic rings. The van der Waals surface area contributed by atoms with Gasteiger partial charge in [0.1, 0.15) is 11.5 Å². The van der Waals surface area contributed by atoms with Crippen LogP contribution in [0, 0.1) is 0 Å². The average Bonchev–Trinajstić information content (AvgIpc) is 3.06. The third kappa shape index (κ3) is 1.96. The smallest absolute Gasteiger partial charge is 0.207 e. The first-order valence-corrected chi connectivity index (χ1v) is 8.05. The van der Waals surface area contributed by atoms with Crippen molar-refractivity contribution in [3.8, 4) is 10.1 Å². The summed E-state index contributed by atoms with van der Waals surface area (Å²) in [6.07, 6.45) is 0. The minimum atomic E-state index is 0.897. The van der Waals surface area contributed by atoms with Crippen LogP contribution in [0.2, 0.25) is 0 Å². The number of nitrogens with zero attached hydrogens (tertiary/aromatic N) is 2. The molecule has 0 unspecified atom stereocenters. The lowest BCUT2D eigenvalue weighted by molar-refractivity contribution is 0.358. The number of rotatable bonds is 0. The van der Waals surface area contributed by atoms with Gasteiger partial charge in [0, 0.05) is 26.2 Å². The van der Waals surface area contributed by atoms with Crippen molar-refractivity contribution in [3.63, 3.8) is 0 Å². The standard InChI is InChI=1S/C13H13N3OS2/c1-7-18-12-9(1)11(16-5-3-14-4-6-16)15-10-2-8-19-13(10)17-12/h1-2,7-8,14H,3-6H2. The van der Waals surface area contributed by atoms with Crippen LogP contribution in [0.4, 0.5) is 5.69 Å². The zero-order valence-corrected chi connectivity index (χ0v) is 11.9. The van der Waals surface area contributed by atoms with Crippen LogP contribution in [-0.2, 0) is 0 Å². The highest BCUT2D eigenvalue weighted by Gasteiger charge is 2.25. The van der Waals surface area contributed by atoms with E-state index < -0.39 is 0 Å². The summed E-state index contributed by atoms with van der Waals surface area (Å²) in [6.45, 7) is 4.01. The molecule has 0 atom stereocenters. The average molecular weight is 291 g/mol. The maximum absolute atomic E-state index is 5.98. The molecule has 98 valence electrons. The van der Waals surface area contributed by atoms with E-state index in [1.54, 1.807) is 22.7 Å². The third-order valence-corrected chi connectivity index (χ3v) is 4.88. The minimum Gasteiger partial charge on any atom is -0.433 e. The van der Waals surface area contributed by atoms with Gasteiger partial charge in [-0.1, -0.05) is 0 Å². The Morgan fingerprint density at radius 2 is 1.89 bits per heavy atom. The quantitative estimate of drug-likeness (QED) is 0.811. The molecule has 4 heterocycles. The van der Waals surface area contributed by atoms with E-state index >= 15 is 0 Å². The fraction of sp³-hybridized carbons (Fsp3) is 0.308. The van der Waals surface area contributed by atoms with Crippen LogP contribution in [0.25, 0.3) is 0 Å². The Labute approximate surface area is 119 Å². The van der Waals surface area contributed by atoms with Gasteiger partial charge in [0.05, 0.1) is 5.56 Å². The van der Waals surface area contributed by atoms with Gasteiger partial charge >= 0.3 is 0 Å². The fourth-order valence-electron chi connectivity index (χ4n) is 2.36. The highest BCUT2D eigenvalue weighted by atomic mass is 32.1. The largest absolute Gasteiger partial charge is 0.433 e. The van der Waals surface area contributed by atoms with E-state index in [9.17, 15) is 0 Å². The normalized spacial score (nSPS) is 18.1. The number of hydrogen-bond donors (Lipinski definition) is 1. The van der Waals surface area contributed by atoms with Crippen molar-refractivity contribution in [2.75, 3.05) is 26.2 Å². The molecule has 0 radical (unpaired) electrons. The molecule has 0 amide bonds. The lowest BCUT2D eigenvalue weighted by atomic mass is 10.2. The van der Waals surface area contributed by atoms with Crippen molar-refractivity contribution in [3.05, 3.63) is 28.5 Å². The second-order valence-corrected chi connectivity index (χ2v) is 6.25. The molecule has 0 spiro atoms. The predicted molar refractivity (Wildman–Crippen MR) is 79.4 cm³/mol. The van der Waals surface area contributed by atoms with Crippen molar-refractivity contribution in [2.45, 2.75) is 0 Å². The second-order valence-electron chi connectivity index (χ2n) is 4.49. The zero-order valence-electron chi connectivity index (χ0n) is 10.3. The maximum atomic E-state index is 5.98. The molecule has 1 saturated heterocycles. The summed E-state index contributed by atoms with van der Waals surface area (Å²) in [7, 11) is 0. The van der Waals surface area contributed by atoms with Crippen molar-refractivity contribution in [2.24, 2.45) is 4.99 Å². The Hall–Kier alpha value is -1.37. The molecule has 0 saturated carbocycles. The highest BCUT2D eigenvalue weighted by Crippen LogP contribution is 2.44. The van der Waals surface area contributed by atoms with Crippen LogP contribution >= 0.6 is 22.7 Å². The molecule has 0 bridgehead atoms. The first-order chi connectivity index (χ1) is 9.42. The Balaban J connectivity index is 1.83. The predicted octanol–water partition coefficient (Wildman–Crippen LogP) is 2.90. The van der Waals surface area contributed by atoms with Gasteiger partial charge in [0.2, 0.25) is 5.06 Å². The Morgan fingerprint density at radius 1 is 1.11 bits per heavy atom. The topological polar surface area (TPSA) is 36.9 Å². The van der Waals surface area contributed by atoms with Gasteiger partial charge < -0.3 is 15.0 Å². The molecule has 1 N–H and O–H groups in total. The molecule has 2 aromatic heterocycles. The van der Waals surface area contributed by atoms with Crippen LogP contribution < -0.4 is 10.1 Å². The lowest BCUT2D eigenvalue weighted by Crippen LogP contribution is -2.46. The molecule has 19 heavy (non-hydrogen) atoms. The summed E-state index contributed by atoms with van der Waals surface area (Å²) < 4.78 is 5.98. The summed E-state index contributed by atoms with van der Waals surface area (Å²) >= 11 is 3.24. The summed E-state index contributed by atoms with van der Waals surface area (Å²) in [5, 5.41) is 9.33. The number of ether oxygens (including phenoxy) is 1. The fourth-order valence-corrected chi connectivity index (χ4v) is 3.85. The van der Waals surface area contributed by atoms with Gasteiger partial charge in [-0.15, -0.1) is 22.7 Å². The molecule has 4 rings (SSSR count). The maximum Gasteiger partial charge on any atom is 0.207 e. The number of hydrogen-bond acceptors (Lipinski definition) is 6. The van der Waals surface area contributed by atoms with Gasteiger partial charge in [0.15, 0.2) is 5.06 Å². The Bertz CT molecular complexity index is 625. The second kappa shape index (κ2) is 4.63. The first kappa shape index (κ1) is 11.5. The van der Waals surface area contributed by atoms with Gasteiger partial charge in [-0.2, -0.15) is 0 Å². The Morgan fingerprint density at radius 3 is 2.79 bits per heavy atom. The van der Waals surface area contributed by atoms with E-state index in [0.717, 1.165) is 53.4 Å². The van der Waals surface area contributed by atoms with Crippen molar-refractivity contribution in [1.29, 1.82) is 0 Å². The number of amidine groups is 1. The minimum absolute atomic E-state index is 0.897. The van der Waals surface area contributed by atoms with Gasteiger partial charge in [0.25, 0.3) is 0 Å². The van der Waals surface area contributed by atoms with Crippen LogP contribution in [0.3, 0.4) is 0 Å². The zero-order chi connectivity index (χ0) is 12.7. The van der Waals surface area contributed by atoms with Crippen LogP contribution in [0.5, 0.6) is 10.1 Å². The van der Waals surface area contributed by atoms with E-state index in [1.165, 1.54) is 0 Å². The molecule has 0 aliphatic carbocycles. The van der Waals surface area contributed by atoms with E-state index in [0.29, 0.717) is 0 Å². The molecular weight excluding hydrogens is 278 g/mol. The molecule has 6 heteroatoms. The number of thiophene rings is 2. The summed E-state index contributed by atoms with van der Waals surface area (Å²) in [4.78, 5) is 7.19. The summed E-state index contributed by atoms with van der Waals surface area (Å²) in [6, 6.07) is 4.14. The number of piperazine rings is 1. The Kier molecular flexibility index (Phi) is 2.79. The van der Waals surface area contributed by atoms with E-state index in [1.807, 2.05) is 11.4 Å². The monoisotopic (exact) mass is 291 g/mol. The van der Waals surface area contributed by atoms with Crippen molar-refractivity contribution >= 4 is 34.2 Å². The van der Waals surface area contributed by atoms with Crippen molar-refractivity contribution in [1.82, 2.24) is 10.2 Å². The van der Waals surface area contributed by atoms with E-state index in [2.05, 4.69) is 21.7 Å². The molecule has 2 aliphatic heterocycles. The number of fused-ring (bicyclic) bond motifs is 2.